The van der Waals surface area contributed by atoms with Crippen LogP contribution in [0.5, 0.6) is 0 Å². The molecule has 0 aliphatic heterocycles. The van der Waals surface area contributed by atoms with E-state index in [1.165, 1.54) is 27.8 Å². The molecule has 1 aliphatic carbocycles. The topological polar surface area (TPSA) is 0 Å². The van der Waals surface area contributed by atoms with Gasteiger partial charge in [0.25, 0.3) is 0 Å². The molecule has 2 aromatic rings. The van der Waals surface area contributed by atoms with E-state index in [9.17, 15) is 0 Å². The van der Waals surface area contributed by atoms with Crippen LogP contribution in [0.1, 0.15) is 43.0 Å². The minimum absolute atomic E-state index is 0.218. The van der Waals surface area contributed by atoms with Crippen LogP contribution < -0.4 is 0 Å². The van der Waals surface area contributed by atoms with Gasteiger partial charge >= 0.3 is 0 Å². The quantitative estimate of drug-likeness (QED) is 0.658. The minimum Gasteiger partial charge on any atom is -0.0619 e. The summed E-state index contributed by atoms with van der Waals surface area (Å²) >= 11 is 0. The van der Waals surface area contributed by atoms with E-state index in [1.807, 2.05) is 0 Å². The lowest BCUT2D eigenvalue weighted by Crippen LogP contribution is -2.10. The fourth-order valence-electron chi connectivity index (χ4n) is 2.48. The number of hydrogen-bond acceptors (Lipinski definition) is 0. The second kappa shape index (κ2) is 4.38. The molecule has 0 saturated heterocycles. The van der Waals surface area contributed by atoms with Crippen LogP contribution in [0.2, 0.25) is 0 Å². The van der Waals surface area contributed by atoms with Gasteiger partial charge in [0.15, 0.2) is 0 Å². The summed E-state index contributed by atoms with van der Waals surface area (Å²) in [6.45, 7) is 6.75. The Balaban J connectivity index is 1.90. The summed E-state index contributed by atoms with van der Waals surface area (Å²) in [6, 6.07) is 17.5. The summed E-state index contributed by atoms with van der Waals surface area (Å²) in [5, 5.41) is 0. The number of allylic oxidation sites excluding steroid dienone is 1. The Bertz CT molecular complexity index is 622. The summed E-state index contributed by atoms with van der Waals surface area (Å²) in [5.41, 5.74) is 6.84. The van der Waals surface area contributed by atoms with Gasteiger partial charge in [-0.3, -0.25) is 0 Å². The Morgan fingerprint density at radius 3 is 1.95 bits per heavy atom. The van der Waals surface area contributed by atoms with Crippen LogP contribution in [0, 0.1) is 6.42 Å². The van der Waals surface area contributed by atoms with Crippen molar-refractivity contribution in [3.8, 4) is 0 Å². The maximum atomic E-state index is 2.27. The highest BCUT2D eigenvalue weighted by molar-refractivity contribution is 5.94. The average Bonchev–Trinajstić information content (AvgIpc) is 2.81. The lowest BCUT2D eigenvalue weighted by Gasteiger charge is -2.19. The van der Waals surface area contributed by atoms with Crippen molar-refractivity contribution in [3.05, 3.63) is 77.2 Å². The number of fused-ring (bicyclic) bond motifs is 1. The van der Waals surface area contributed by atoms with Crippen molar-refractivity contribution in [2.75, 3.05) is 0 Å². The van der Waals surface area contributed by atoms with Crippen LogP contribution in [-0.2, 0) is 5.41 Å². The van der Waals surface area contributed by atoms with E-state index in [0.29, 0.717) is 0 Å². The Morgan fingerprint density at radius 1 is 0.737 bits per heavy atom. The van der Waals surface area contributed by atoms with Gasteiger partial charge in [0.1, 0.15) is 0 Å². The van der Waals surface area contributed by atoms with Gasteiger partial charge in [0.2, 0.25) is 0 Å². The van der Waals surface area contributed by atoms with Gasteiger partial charge in [-0.05, 0) is 33.2 Å². The van der Waals surface area contributed by atoms with E-state index in [0.717, 1.165) is 0 Å². The van der Waals surface area contributed by atoms with Crippen LogP contribution in [0.15, 0.2) is 48.5 Å². The molecule has 3 rings (SSSR count). The zero-order valence-electron chi connectivity index (χ0n) is 11.8. The molecular formula is C19H19. The predicted molar refractivity (Wildman–Crippen MR) is 82.9 cm³/mol. The van der Waals surface area contributed by atoms with Gasteiger partial charge < -0.3 is 0 Å². The molecular weight excluding hydrogens is 228 g/mol. The van der Waals surface area contributed by atoms with Gasteiger partial charge in [-0.1, -0.05) is 75.4 Å². The second-order valence-electron chi connectivity index (χ2n) is 6.20. The van der Waals surface area contributed by atoms with Crippen molar-refractivity contribution in [3.63, 3.8) is 0 Å². The van der Waals surface area contributed by atoms with Crippen LogP contribution in [-0.4, -0.2) is 0 Å². The van der Waals surface area contributed by atoms with Crippen LogP contribution in [0.4, 0.5) is 0 Å². The van der Waals surface area contributed by atoms with Gasteiger partial charge in [-0.25, -0.2) is 0 Å². The molecule has 0 unspecified atom stereocenters. The first-order chi connectivity index (χ1) is 9.04. The summed E-state index contributed by atoms with van der Waals surface area (Å²) in [6.07, 6.45) is 4.53. The maximum Gasteiger partial charge on any atom is 0.0211 e. The van der Waals surface area contributed by atoms with Crippen molar-refractivity contribution < 1.29 is 0 Å². The summed E-state index contributed by atoms with van der Waals surface area (Å²) in [7, 11) is 0. The molecule has 1 radical (unpaired) electrons. The Kier molecular flexibility index (Phi) is 2.82. The largest absolute Gasteiger partial charge is 0.0619 e. The minimum atomic E-state index is 0.218. The second-order valence-corrected chi connectivity index (χ2v) is 6.20. The molecule has 0 aromatic heterocycles. The molecule has 0 heterocycles. The average molecular weight is 247 g/mol. The van der Waals surface area contributed by atoms with Gasteiger partial charge in [-0.2, -0.15) is 0 Å². The molecule has 0 amide bonds. The highest BCUT2D eigenvalue weighted by Crippen LogP contribution is 2.33. The zero-order valence-corrected chi connectivity index (χ0v) is 11.8. The maximum absolute atomic E-state index is 2.27. The summed E-state index contributed by atoms with van der Waals surface area (Å²) in [5.74, 6) is 0. The fourth-order valence-corrected chi connectivity index (χ4v) is 2.48. The molecule has 0 spiro atoms. The SMILES string of the molecule is CC(C)(C)c1ccc(C2=Cc3ccccc3[CH]2)cc1. The molecule has 2 aromatic carbocycles. The highest BCUT2D eigenvalue weighted by atomic mass is 14.2. The molecule has 0 saturated carbocycles. The highest BCUT2D eigenvalue weighted by Gasteiger charge is 2.16. The molecule has 0 bridgehead atoms. The predicted octanol–water partition coefficient (Wildman–Crippen LogP) is 5.09. The van der Waals surface area contributed by atoms with Crippen molar-refractivity contribution in [2.45, 2.75) is 26.2 Å². The Labute approximate surface area is 115 Å². The van der Waals surface area contributed by atoms with Crippen molar-refractivity contribution >= 4 is 11.6 Å². The first-order valence-corrected chi connectivity index (χ1v) is 6.80. The zero-order chi connectivity index (χ0) is 13.5. The third-order valence-electron chi connectivity index (χ3n) is 3.70. The van der Waals surface area contributed by atoms with Crippen molar-refractivity contribution in [1.82, 2.24) is 0 Å². The number of hydrogen-bond donors (Lipinski definition) is 0. The van der Waals surface area contributed by atoms with Gasteiger partial charge in [-0.15, -0.1) is 0 Å². The summed E-state index contributed by atoms with van der Waals surface area (Å²) < 4.78 is 0. The van der Waals surface area contributed by atoms with E-state index in [-0.39, 0.29) is 5.41 Å². The van der Waals surface area contributed by atoms with E-state index in [4.69, 9.17) is 0 Å². The van der Waals surface area contributed by atoms with Crippen LogP contribution >= 0.6 is 0 Å². The lowest BCUT2D eigenvalue weighted by molar-refractivity contribution is 0.590. The molecule has 0 atom stereocenters. The smallest absolute Gasteiger partial charge is 0.0211 e. The third-order valence-corrected chi connectivity index (χ3v) is 3.70. The molecule has 19 heavy (non-hydrogen) atoms. The number of rotatable bonds is 1. The lowest BCUT2D eigenvalue weighted by atomic mass is 9.86. The number of benzene rings is 2. The molecule has 0 N–H and O–H groups in total. The first kappa shape index (κ1) is 12.2. The van der Waals surface area contributed by atoms with E-state index in [2.05, 4.69) is 81.8 Å². The van der Waals surface area contributed by atoms with Crippen LogP contribution in [0.25, 0.3) is 11.6 Å². The molecule has 0 fully saturated rings. The standard InChI is InChI=1S/C19H19/c1-19(2,3)18-10-8-14(9-11-18)17-12-15-6-4-5-7-16(15)13-17/h4-13H,1-3H3. The molecule has 95 valence electrons. The van der Waals surface area contributed by atoms with Crippen molar-refractivity contribution in [2.24, 2.45) is 0 Å². The van der Waals surface area contributed by atoms with Gasteiger partial charge in [0.05, 0.1) is 0 Å². The van der Waals surface area contributed by atoms with Gasteiger partial charge in [0, 0.05) is 6.42 Å². The Hall–Kier alpha value is -1.82. The Morgan fingerprint density at radius 2 is 1.37 bits per heavy atom. The van der Waals surface area contributed by atoms with E-state index in [1.54, 1.807) is 0 Å². The molecule has 0 nitrogen and oxygen atoms in total. The molecule has 0 heteroatoms. The van der Waals surface area contributed by atoms with E-state index >= 15 is 0 Å². The first-order valence-electron chi connectivity index (χ1n) is 6.80. The molecule has 1 aliphatic rings. The summed E-state index contributed by atoms with van der Waals surface area (Å²) in [4.78, 5) is 0. The van der Waals surface area contributed by atoms with Crippen molar-refractivity contribution in [1.29, 1.82) is 0 Å². The normalized spacial score (nSPS) is 14.2. The van der Waals surface area contributed by atoms with Crippen LogP contribution in [0.3, 0.4) is 0 Å². The fraction of sp³-hybridized carbons (Fsp3) is 0.211. The van der Waals surface area contributed by atoms with E-state index < -0.39 is 0 Å². The monoisotopic (exact) mass is 247 g/mol. The third kappa shape index (κ3) is 2.35.